The lowest BCUT2D eigenvalue weighted by molar-refractivity contribution is 1.39. The average Bonchev–Trinajstić information content (AvgIpc) is 2.16. The summed E-state index contributed by atoms with van der Waals surface area (Å²) in [6.45, 7) is 3.33. The molecule has 0 amide bonds. The van der Waals surface area contributed by atoms with Gasteiger partial charge in [-0.25, -0.2) is 0 Å². The molecule has 14 heavy (non-hydrogen) atoms. The normalized spacial score (nSPS) is 9.21. The number of nitriles is 1. The van der Waals surface area contributed by atoms with Gasteiger partial charge in [0.1, 0.15) is 0 Å². The summed E-state index contributed by atoms with van der Waals surface area (Å²) in [5.74, 6) is 0. The molecule has 0 fully saturated rings. The van der Waals surface area contributed by atoms with Crippen LogP contribution in [0.1, 0.15) is 30.5 Å². The maximum atomic E-state index is 8.70. The predicted octanol–water partition coefficient (Wildman–Crippen LogP) is 2.33. The Hall–Kier alpha value is -1.95. The van der Waals surface area contributed by atoms with E-state index in [1.165, 1.54) is 0 Å². The zero-order valence-corrected chi connectivity index (χ0v) is 8.18. The molecule has 0 saturated heterocycles. The van der Waals surface area contributed by atoms with Crippen molar-refractivity contribution in [3.63, 3.8) is 0 Å². The molecule has 0 aliphatic heterocycles. The van der Waals surface area contributed by atoms with Crippen molar-refractivity contribution >= 4 is 11.4 Å². The minimum atomic E-state index is 0.378. The van der Waals surface area contributed by atoms with E-state index in [0.29, 0.717) is 22.6 Å². The minimum absolute atomic E-state index is 0.378. The molecule has 1 rings (SSSR count). The van der Waals surface area contributed by atoms with Crippen LogP contribution in [-0.4, -0.2) is 11.4 Å². The molecule has 0 bridgehead atoms. The van der Waals surface area contributed by atoms with Crippen LogP contribution >= 0.6 is 0 Å². The molecule has 0 atom stereocenters. The van der Waals surface area contributed by atoms with Crippen molar-refractivity contribution < 1.29 is 0 Å². The molecule has 2 N–H and O–H groups in total. The molecule has 0 aliphatic rings. The van der Waals surface area contributed by atoms with Gasteiger partial charge < -0.3 is 10.8 Å². The van der Waals surface area contributed by atoms with Gasteiger partial charge in [0.25, 0.3) is 0 Å². The lowest BCUT2D eigenvalue weighted by Crippen LogP contribution is -2.04. The molecule has 1 aromatic carbocycles. The Kier molecular flexibility index (Phi) is 2.78. The van der Waals surface area contributed by atoms with Gasteiger partial charge in [-0.2, -0.15) is 5.26 Å². The highest BCUT2D eigenvalue weighted by atomic mass is 14.4. The van der Waals surface area contributed by atoms with E-state index in [9.17, 15) is 0 Å². The molecule has 0 radical (unpaired) electrons. The number of hydrogen-bond donors (Lipinski definition) is 2. The SMILES string of the molecule is CC(=N)c1ccc(C#N)cc1C(C)=N. The van der Waals surface area contributed by atoms with Crippen molar-refractivity contribution in [3.8, 4) is 6.07 Å². The van der Waals surface area contributed by atoms with E-state index in [-0.39, 0.29) is 0 Å². The van der Waals surface area contributed by atoms with E-state index in [0.717, 1.165) is 5.56 Å². The van der Waals surface area contributed by atoms with E-state index >= 15 is 0 Å². The van der Waals surface area contributed by atoms with Crippen molar-refractivity contribution in [3.05, 3.63) is 34.9 Å². The van der Waals surface area contributed by atoms with Crippen LogP contribution in [0.3, 0.4) is 0 Å². The third-order valence-corrected chi connectivity index (χ3v) is 1.96. The summed E-state index contributed by atoms with van der Waals surface area (Å²) < 4.78 is 0. The molecular formula is C11H11N3. The maximum absolute atomic E-state index is 8.70. The van der Waals surface area contributed by atoms with Crippen molar-refractivity contribution in [1.82, 2.24) is 0 Å². The molecular weight excluding hydrogens is 174 g/mol. The molecule has 0 aromatic heterocycles. The summed E-state index contributed by atoms with van der Waals surface area (Å²) in [6.07, 6.45) is 0. The Labute approximate surface area is 83.0 Å². The van der Waals surface area contributed by atoms with Gasteiger partial charge in [0.15, 0.2) is 0 Å². The van der Waals surface area contributed by atoms with E-state index in [4.69, 9.17) is 16.1 Å². The van der Waals surface area contributed by atoms with E-state index in [2.05, 4.69) is 0 Å². The van der Waals surface area contributed by atoms with Crippen molar-refractivity contribution in [2.24, 2.45) is 0 Å². The van der Waals surface area contributed by atoms with E-state index in [1.807, 2.05) is 6.07 Å². The monoisotopic (exact) mass is 185 g/mol. The molecule has 0 unspecified atom stereocenters. The Balaban J connectivity index is 3.40. The maximum Gasteiger partial charge on any atom is 0.0991 e. The quantitative estimate of drug-likeness (QED) is 0.682. The summed E-state index contributed by atoms with van der Waals surface area (Å²) >= 11 is 0. The van der Waals surface area contributed by atoms with Gasteiger partial charge in [0, 0.05) is 22.6 Å². The molecule has 1 aromatic rings. The third kappa shape index (κ3) is 1.86. The zero-order chi connectivity index (χ0) is 10.7. The first-order chi connectivity index (χ1) is 6.56. The van der Waals surface area contributed by atoms with Gasteiger partial charge >= 0.3 is 0 Å². The molecule has 3 heteroatoms. The Bertz CT molecular complexity index is 438. The fraction of sp³-hybridized carbons (Fsp3) is 0.182. The number of nitrogens with one attached hydrogen (secondary N) is 2. The zero-order valence-electron chi connectivity index (χ0n) is 8.18. The fourth-order valence-corrected chi connectivity index (χ4v) is 1.25. The number of benzene rings is 1. The predicted molar refractivity (Wildman–Crippen MR) is 56.2 cm³/mol. The van der Waals surface area contributed by atoms with Crippen LogP contribution in [0, 0.1) is 22.1 Å². The minimum Gasteiger partial charge on any atom is -0.305 e. The van der Waals surface area contributed by atoms with E-state index in [1.54, 1.807) is 32.0 Å². The summed E-state index contributed by atoms with van der Waals surface area (Å²) in [4.78, 5) is 0. The molecule has 0 heterocycles. The van der Waals surface area contributed by atoms with Gasteiger partial charge in [0.05, 0.1) is 11.6 Å². The van der Waals surface area contributed by atoms with Crippen molar-refractivity contribution in [1.29, 1.82) is 16.1 Å². The molecule has 3 nitrogen and oxygen atoms in total. The van der Waals surface area contributed by atoms with Crippen LogP contribution in [0.2, 0.25) is 0 Å². The number of hydrogen-bond acceptors (Lipinski definition) is 3. The highest BCUT2D eigenvalue weighted by molar-refractivity contribution is 6.09. The summed E-state index contributed by atoms with van der Waals surface area (Å²) in [5, 5.41) is 23.8. The number of nitrogens with zero attached hydrogens (tertiary/aromatic N) is 1. The van der Waals surface area contributed by atoms with Crippen molar-refractivity contribution in [2.75, 3.05) is 0 Å². The first kappa shape index (κ1) is 10.1. The summed E-state index contributed by atoms with van der Waals surface area (Å²) in [6, 6.07) is 7.05. The lowest BCUT2D eigenvalue weighted by Gasteiger charge is -2.06. The van der Waals surface area contributed by atoms with Gasteiger partial charge in [-0.15, -0.1) is 0 Å². The Morgan fingerprint density at radius 1 is 1.14 bits per heavy atom. The second-order valence-corrected chi connectivity index (χ2v) is 3.12. The van der Waals surface area contributed by atoms with Crippen LogP contribution in [0.25, 0.3) is 0 Å². The average molecular weight is 185 g/mol. The second kappa shape index (κ2) is 3.84. The van der Waals surface area contributed by atoms with Crippen LogP contribution < -0.4 is 0 Å². The first-order valence-electron chi connectivity index (χ1n) is 4.21. The van der Waals surface area contributed by atoms with Crippen LogP contribution in [0.4, 0.5) is 0 Å². The first-order valence-corrected chi connectivity index (χ1v) is 4.21. The molecule has 0 saturated carbocycles. The highest BCUT2D eigenvalue weighted by Gasteiger charge is 2.07. The van der Waals surface area contributed by atoms with Gasteiger partial charge in [0.2, 0.25) is 0 Å². The highest BCUT2D eigenvalue weighted by Crippen LogP contribution is 2.13. The number of rotatable bonds is 2. The summed E-state index contributed by atoms with van der Waals surface area (Å²) in [7, 11) is 0. The van der Waals surface area contributed by atoms with Gasteiger partial charge in [-0.05, 0) is 26.0 Å². The Morgan fingerprint density at radius 2 is 1.71 bits per heavy atom. The van der Waals surface area contributed by atoms with Crippen LogP contribution in [-0.2, 0) is 0 Å². The Morgan fingerprint density at radius 3 is 2.14 bits per heavy atom. The molecule has 0 spiro atoms. The topological polar surface area (TPSA) is 71.5 Å². The smallest absolute Gasteiger partial charge is 0.0991 e. The second-order valence-electron chi connectivity index (χ2n) is 3.12. The van der Waals surface area contributed by atoms with Gasteiger partial charge in [-0.3, -0.25) is 0 Å². The van der Waals surface area contributed by atoms with E-state index < -0.39 is 0 Å². The third-order valence-electron chi connectivity index (χ3n) is 1.96. The largest absolute Gasteiger partial charge is 0.305 e. The standard InChI is InChI=1S/C11H11N3/c1-7(13)10-4-3-9(6-12)5-11(10)8(2)14/h3-5,13-14H,1-2H3. The fourth-order valence-electron chi connectivity index (χ4n) is 1.25. The van der Waals surface area contributed by atoms with Crippen LogP contribution in [0.15, 0.2) is 18.2 Å². The van der Waals surface area contributed by atoms with Crippen LogP contribution in [0.5, 0.6) is 0 Å². The van der Waals surface area contributed by atoms with Crippen molar-refractivity contribution in [2.45, 2.75) is 13.8 Å². The molecule has 0 aliphatic carbocycles. The molecule has 70 valence electrons. The van der Waals surface area contributed by atoms with Gasteiger partial charge in [-0.1, -0.05) is 6.07 Å². The lowest BCUT2D eigenvalue weighted by atomic mass is 9.98. The summed E-state index contributed by atoms with van der Waals surface area (Å²) in [5.41, 5.74) is 2.70.